The van der Waals surface area contributed by atoms with Gasteiger partial charge in [0.2, 0.25) is 0 Å². The Morgan fingerprint density at radius 2 is 1.92 bits per heavy atom. The molecule has 1 N–H and O–H groups in total. The summed E-state index contributed by atoms with van der Waals surface area (Å²) in [6.45, 7) is 3.45. The minimum absolute atomic E-state index is 0.212. The van der Waals surface area contributed by atoms with Gasteiger partial charge in [0.1, 0.15) is 16.1 Å². The maximum atomic E-state index is 11.5. The average Bonchev–Trinajstić information content (AvgIpc) is 3.01. The van der Waals surface area contributed by atoms with Crippen LogP contribution in [0.25, 0.3) is 22.1 Å². The van der Waals surface area contributed by atoms with E-state index in [1.165, 1.54) is 0 Å². The van der Waals surface area contributed by atoms with Gasteiger partial charge in [0.15, 0.2) is 0 Å². The van der Waals surface area contributed by atoms with Gasteiger partial charge in [0.25, 0.3) is 0 Å². The molecule has 0 saturated carbocycles. The van der Waals surface area contributed by atoms with Gasteiger partial charge in [-0.2, -0.15) is 0 Å². The van der Waals surface area contributed by atoms with Crippen LogP contribution in [0.5, 0.6) is 0 Å². The number of rotatable bonds is 6. The molecule has 0 atom stereocenters. The second-order valence-electron chi connectivity index (χ2n) is 5.44. The molecule has 24 heavy (non-hydrogen) atoms. The van der Waals surface area contributed by atoms with E-state index < -0.39 is 4.92 Å². The average molecular weight is 325 g/mol. The molecule has 1 heterocycles. The third-order valence-corrected chi connectivity index (χ3v) is 4.07. The highest BCUT2D eigenvalue weighted by molar-refractivity contribution is 5.99. The molecule has 0 fully saturated rings. The molecule has 0 aliphatic heterocycles. The third kappa shape index (κ3) is 2.89. The zero-order chi connectivity index (χ0) is 17.1. The summed E-state index contributed by atoms with van der Waals surface area (Å²) in [5.41, 5.74) is 5.89. The summed E-state index contributed by atoms with van der Waals surface area (Å²) in [6.07, 6.45) is 0. The zero-order valence-electron chi connectivity index (χ0n) is 13.7. The van der Waals surface area contributed by atoms with E-state index in [1.54, 1.807) is 0 Å². The topological polar surface area (TPSA) is 71.5 Å². The molecule has 0 bridgehead atoms. The lowest BCUT2D eigenvalue weighted by Crippen LogP contribution is -2.34. The quantitative estimate of drug-likeness (QED) is 0.548. The Labute approximate surface area is 139 Å². The summed E-state index contributed by atoms with van der Waals surface area (Å²) in [7, 11) is 1.85. The summed E-state index contributed by atoms with van der Waals surface area (Å²) in [4.78, 5) is 11.0. The second-order valence-corrected chi connectivity index (χ2v) is 5.44. The predicted molar refractivity (Wildman–Crippen MR) is 93.4 cm³/mol. The molecule has 6 nitrogen and oxygen atoms in total. The van der Waals surface area contributed by atoms with E-state index in [9.17, 15) is 10.1 Å². The summed E-state index contributed by atoms with van der Waals surface area (Å²) in [5, 5.41) is 14.3. The van der Waals surface area contributed by atoms with Crippen LogP contribution in [0.2, 0.25) is 0 Å². The fraction of sp³-hybridized carbons (Fsp3) is 0.222. The number of nitro groups is 1. The Kier molecular flexibility index (Phi) is 4.59. The van der Waals surface area contributed by atoms with Crippen LogP contribution in [-0.4, -0.2) is 23.5 Å². The first kappa shape index (κ1) is 16.2. The van der Waals surface area contributed by atoms with E-state index in [0.717, 1.165) is 23.1 Å². The van der Waals surface area contributed by atoms with Crippen molar-refractivity contribution >= 4 is 16.9 Å². The van der Waals surface area contributed by atoms with Crippen molar-refractivity contribution in [3.8, 4) is 11.1 Å². The first-order valence-electron chi connectivity index (χ1n) is 7.82. The normalized spacial score (nSPS) is 11.3. The van der Waals surface area contributed by atoms with Crippen molar-refractivity contribution in [2.75, 3.05) is 13.6 Å². The van der Waals surface area contributed by atoms with Crippen LogP contribution in [0.15, 0.2) is 52.9 Å². The molecule has 6 heteroatoms. The summed E-state index contributed by atoms with van der Waals surface area (Å²) >= 11 is 0. The van der Waals surface area contributed by atoms with E-state index in [1.807, 2.05) is 67.5 Å². The number of fused-ring (bicyclic) bond motifs is 1. The highest BCUT2D eigenvalue weighted by Crippen LogP contribution is 2.40. The molecule has 0 aliphatic rings. The number of hydrazine groups is 1. The monoisotopic (exact) mass is 325 g/mol. The van der Waals surface area contributed by atoms with Crippen molar-refractivity contribution in [1.29, 1.82) is 0 Å². The number of hydrogen-bond acceptors (Lipinski definition) is 5. The van der Waals surface area contributed by atoms with Gasteiger partial charge in [-0.05, 0) is 12.6 Å². The molecule has 124 valence electrons. The third-order valence-electron chi connectivity index (χ3n) is 4.07. The smallest absolute Gasteiger partial charge is 0.400 e. The van der Waals surface area contributed by atoms with Crippen molar-refractivity contribution in [1.82, 2.24) is 10.4 Å². The minimum Gasteiger partial charge on any atom is -0.400 e. The van der Waals surface area contributed by atoms with Crippen molar-refractivity contribution in [2.45, 2.75) is 13.5 Å². The number of nitrogens with zero attached hydrogens (tertiary/aromatic N) is 2. The molecular weight excluding hydrogens is 306 g/mol. The SMILES string of the molecule is CCN(Cc1cccc2c(-c3ccccc3)c([N+](=O)[O-])oc12)NC. The molecule has 0 saturated heterocycles. The van der Waals surface area contributed by atoms with Crippen LogP contribution in [0.4, 0.5) is 5.88 Å². The molecule has 3 aromatic rings. The molecule has 0 spiro atoms. The van der Waals surface area contributed by atoms with Crippen molar-refractivity contribution in [2.24, 2.45) is 0 Å². The molecule has 3 rings (SSSR count). The fourth-order valence-electron chi connectivity index (χ4n) is 2.86. The van der Waals surface area contributed by atoms with E-state index >= 15 is 0 Å². The number of nitrogens with one attached hydrogen (secondary N) is 1. The minimum atomic E-state index is -0.457. The lowest BCUT2D eigenvalue weighted by Gasteiger charge is -2.18. The van der Waals surface area contributed by atoms with Gasteiger partial charge in [-0.1, -0.05) is 55.5 Å². The first-order chi connectivity index (χ1) is 11.7. The lowest BCUT2D eigenvalue weighted by atomic mass is 10.0. The molecule has 2 aromatic carbocycles. The Balaban J connectivity index is 2.21. The number of furan rings is 1. The molecule has 0 aliphatic carbocycles. The highest BCUT2D eigenvalue weighted by Gasteiger charge is 2.26. The lowest BCUT2D eigenvalue weighted by molar-refractivity contribution is -0.400. The predicted octanol–water partition coefficient (Wildman–Crippen LogP) is 3.96. The standard InChI is InChI=1S/C18H19N3O3/c1-3-20(19-2)12-14-10-7-11-15-16(13-8-5-4-6-9-13)18(21(22)23)24-17(14)15/h4-11,19H,3,12H2,1-2H3. The summed E-state index contributed by atoms with van der Waals surface area (Å²) in [5.74, 6) is -0.212. The van der Waals surface area contributed by atoms with Crippen molar-refractivity contribution in [3.05, 3.63) is 64.2 Å². The van der Waals surface area contributed by atoms with Gasteiger partial charge in [0.05, 0.1) is 0 Å². The van der Waals surface area contributed by atoms with Gasteiger partial charge in [-0.25, -0.2) is 5.01 Å². The molecule has 0 unspecified atom stereocenters. The van der Waals surface area contributed by atoms with Crippen LogP contribution in [-0.2, 0) is 6.54 Å². The molecule has 0 radical (unpaired) electrons. The van der Waals surface area contributed by atoms with Crippen molar-refractivity contribution in [3.63, 3.8) is 0 Å². The van der Waals surface area contributed by atoms with Gasteiger partial charge >= 0.3 is 5.88 Å². The Bertz CT molecular complexity index is 855. The molecule has 1 aromatic heterocycles. The number of benzene rings is 2. The van der Waals surface area contributed by atoms with E-state index in [0.29, 0.717) is 17.7 Å². The summed E-state index contributed by atoms with van der Waals surface area (Å²) in [6, 6.07) is 15.0. The second kappa shape index (κ2) is 6.82. The van der Waals surface area contributed by atoms with Crippen LogP contribution >= 0.6 is 0 Å². The van der Waals surface area contributed by atoms with E-state index in [4.69, 9.17) is 4.42 Å². The van der Waals surface area contributed by atoms with Gasteiger partial charge in [-0.15, -0.1) is 0 Å². The van der Waals surface area contributed by atoms with Crippen LogP contribution in [0.1, 0.15) is 12.5 Å². The first-order valence-corrected chi connectivity index (χ1v) is 7.82. The van der Waals surface area contributed by atoms with Gasteiger partial charge in [0, 0.05) is 24.0 Å². The summed E-state index contributed by atoms with van der Waals surface area (Å²) < 4.78 is 5.68. The largest absolute Gasteiger partial charge is 0.442 e. The maximum absolute atomic E-state index is 11.5. The maximum Gasteiger partial charge on any atom is 0.442 e. The van der Waals surface area contributed by atoms with Crippen LogP contribution in [0, 0.1) is 10.1 Å². The van der Waals surface area contributed by atoms with Gasteiger partial charge < -0.3 is 4.42 Å². The fourth-order valence-corrected chi connectivity index (χ4v) is 2.86. The zero-order valence-corrected chi connectivity index (χ0v) is 13.7. The molecule has 0 amide bonds. The van der Waals surface area contributed by atoms with Gasteiger partial charge in [-0.3, -0.25) is 15.5 Å². The highest BCUT2D eigenvalue weighted by atomic mass is 16.6. The Morgan fingerprint density at radius 1 is 1.17 bits per heavy atom. The van der Waals surface area contributed by atoms with Crippen LogP contribution < -0.4 is 5.43 Å². The Hall–Kier alpha value is -2.70. The Morgan fingerprint density at radius 3 is 2.54 bits per heavy atom. The molecular formula is C18H19N3O3. The van der Waals surface area contributed by atoms with E-state index in [2.05, 4.69) is 5.43 Å². The number of hydrogen-bond donors (Lipinski definition) is 1. The number of para-hydroxylation sites is 1. The van der Waals surface area contributed by atoms with Crippen LogP contribution in [0.3, 0.4) is 0 Å². The van der Waals surface area contributed by atoms with E-state index in [-0.39, 0.29) is 5.88 Å². The van der Waals surface area contributed by atoms with Crippen molar-refractivity contribution < 1.29 is 9.34 Å².